The standard InChI is InChI=1S/C18H21ClN4O3/c1-17(2,3)26-16(25)23-18(15(21)24,11-5-4-8-22-10-11)13-9-12(19)6-7-14(13)20/h4-10H,20H2,1-3H3,(H2,21,24)(H,23,25). The first-order chi connectivity index (χ1) is 12.1. The van der Waals surface area contributed by atoms with E-state index in [4.69, 9.17) is 27.8 Å². The number of ether oxygens (including phenoxy) is 1. The number of aromatic nitrogens is 1. The third-order valence-electron chi connectivity index (χ3n) is 3.57. The zero-order chi connectivity index (χ0) is 19.5. The Balaban J connectivity index is 2.69. The number of anilines is 1. The Morgan fingerprint density at radius 1 is 1.23 bits per heavy atom. The van der Waals surface area contributed by atoms with Gasteiger partial charge in [-0.2, -0.15) is 0 Å². The second-order valence-electron chi connectivity index (χ2n) is 6.71. The second-order valence-corrected chi connectivity index (χ2v) is 7.15. The van der Waals surface area contributed by atoms with Crippen LogP contribution in [0, 0.1) is 0 Å². The molecule has 26 heavy (non-hydrogen) atoms. The van der Waals surface area contributed by atoms with Crippen molar-refractivity contribution in [3.05, 3.63) is 58.9 Å². The van der Waals surface area contributed by atoms with Crippen LogP contribution in [-0.4, -0.2) is 22.6 Å². The lowest BCUT2D eigenvalue weighted by Gasteiger charge is -2.34. The van der Waals surface area contributed by atoms with E-state index in [9.17, 15) is 9.59 Å². The number of nitrogens with zero attached hydrogens (tertiary/aromatic N) is 1. The Labute approximate surface area is 156 Å². The Morgan fingerprint density at radius 3 is 2.46 bits per heavy atom. The van der Waals surface area contributed by atoms with Gasteiger partial charge in [0, 0.05) is 34.2 Å². The zero-order valence-electron chi connectivity index (χ0n) is 14.7. The highest BCUT2D eigenvalue weighted by molar-refractivity contribution is 6.30. The third kappa shape index (κ3) is 4.05. The molecule has 138 valence electrons. The van der Waals surface area contributed by atoms with E-state index in [0.717, 1.165) is 0 Å². The van der Waals surface area contributed by atoms with Gasteiger partial charge in [-0.1, -0.05) is 17.7 Å². The first-order valence-electron chi connectivity index (χ1n) is 7.83. The first kappa shape index (κ1) is 19.5. The first-order valence-corrected chi connectivity index (χ1v) is 8.21. The lowest BCUT2D eigenvalue weighted by molar-refractivity contribution is -0.123. The van der Waals surface area contributed by atoms with Crippen LogP contribution in [0.3, 0.4) is 0 Å². The van der Waals surface area contributed by atoms with Crippen LogP contribution < -0.4 is 16.8 Å². The van der Waals surface area contributed by atoms with Crippen LogP contribution in [0.2, 0.25) is 5.02 Å². The number of carbonyl (C=O) groups is 2. The molecule has 1 aromatic carbocycles. The number of pyridine rings is 1. The number of amides is 2. The molecule has 0 bridgehead atoms. The SMILES string of the molecule is CC(C)(C)OC(=O)NC(C(N)=O)(c1cccnc1)c1cc(Cl)ccc1N. The fraction of sp³-hybridized carbons (Fsp3) is 0.278. The summed E-state index contributed by atoms with van der Waals surface area (Å²) in [5, 5.41) is 2.90. The van der Waals surface area contributed by atoms with Crippen molar-refractivity contribution in [3.63, 3.8) is 0 Å². The maximum atomic E-state index is 12.6. The van der Waals surface area contributed by atoms with E-state index in [1.165, 1.54) is 24.5 Å². The van der Waals surface area contributed by atoms with Crippen LogP contribution >= 0.6 is 11.6 Å². The van der Waals surface area contributed by atoms with Gasteiger partial charge in [0.05, 0.1) is 0 Å². The molecular formula is C18H21ClN4O3. The quantitative estimate of drug-likeness (QED) is 0.708. The number of halogens is 1. The summed E-state index contributed by atoms with van der Waals surface area (Å²) >= 11 is 6.09. The predicted molar refractivity (Wildman–Crippen MR) is 99.4 cm³/mol. The molecule has 2 rings (SSSR count). The van der Waals surface area contributed by atoms with Crippen molar-refractivity contribution in [1.29, 1.82) is 0 Å². The molecule has 1 heterocycles. The molecule has 1 aromatic heterocycles. The fourth-order valence-corrected chi connectivity index (χ4v) is 2.70. The van der Waals surface area contributed by atoms with E-state index in [1.807, 2.05) is 0 Å². The zero-order valence-corrected chi connectivity index (χ0v) is 15.5. The summed E-state index contributed by atoms with van der Waals surface area (Å²) < 4.78 is 5.30. The normalized spacial score (nSPS) is 13.5. The van der Waals surface area contributed by atoms with Crippen LogP contribution in [0.15, 0.2) is 42.7 Å². The van der Waals surface area contributed by atoms with Crippen LogP contribution in [-0.2, 0) is 15.1 Å². The largest absolute Gasteiger partial charge is 0.444 e. The molecule has 0 aliphatic heterocycles. The average Bonchev–Trinajstić information content (AvgIpc) is 2.54. The van der Waals surface area contributed by atoms with Crippen molar-refractivity contribution < 1.29 is 14.3 Å². The molecular weight excluding hydrogens is 356 g/mol. The molecule has 0 radical (unpaired) electrons. The molecule has 0 aliphatic rings. The van der Waals surface area contributed by atoms with Crippen molar-refractivity contribution >= 4 is 29.3 Å². The van der Waals surface area contributed by atoms with E-state index < -0.39 is 23.1 Å². The lowest BCUT2D eigenvalue weighted by atomic mass is 9.82. The van der Waals surface area contributed by atoms with Crippen molar-refractivity contribution in [2.75, 3.05) is 5.73 Å². The van der Waals surface area contributed by atoms with Crippen LogP contribution in [0.4, 0.5) is 10.5 Å². The Bertz CT molecular complexity index is 821. The van der Waals surface area contributed by atoms with Crippen LogP contribution in [0.5, 0.6) is 0 Å². The van der Waals surface area contributed by atoms with Crippen LogP contribution in [0.25, 0.3) is 0 Å². The number of benzene rings is 1. The van der Waals surface area contributed by atoms with Crippen molar-refractivity contribution in [3.8, 4) is 0 Å². The van der Waals surface area contributed by atoms with Crippen molar-refractivity contribution in [2.24, 2.45) is 5.73 Å². The molecule has 0 fully saturated rings. The molecule has 0 saturated carbocycles. The molecule has 5 N–H and O–H groups in total. The average molecular weight is 377 g/mol. The monoisotopic (exact) mass is 376 g/mol. The minimum atomic E-state index is -1.80. The Morgan fingerprint density at radius 2 is 1.92 bits per heavy atom. The maximum Gasteiger partial charge on any atom is 0.409 e. The molecule has 1 unspecified atom stereocenters. The van der Waals surface area contributed by atoms with Gasteiger partial charge in [-0.05, 0) is 45.0 Å². The lowest BCUT2D eigenvalue weighted by Crippen LogP contribution is -2.56. The van der Waals surface area contributed by atoms with Gasteiger partial charge in [-0.25, -0.2) is 4.79 Å². The maximum absolute atomic E-state index is 12.6. The van der Waals surface area contributed by atoms with Gasteiger partial charge < -0.3 is 16.2 Å². The number of rotatable bonds is 4. The predicted octanol–water partition coefficient (Wildman–Crippen LogP) is 2.57. The summed E-state index contributed by atoms with van der Waals surface area (Å²) in [6.07, 6.45) is 2.12. The number of hydrogen-bond acceptors (Lipinski definition) is 5. The highest BCUT2D eigenvalue weighted by Gasteiger charge is 2.45. The number of primary amides is 1. The molecule has 0 aliphatic carbocycles. The highest BCUT2D eigenvalue weighted by Crippen LogP contribution is 2.35. The van der Waals surface area contributed by atoms with E-state index in [1.54, 1.807) is 39.0 Å². The fourth-order valence-electron chi connectivity index (χ4n) is 2.53. The molecule has 2 aromatic rings. The van der Waals surface area contributed by atoms with E-state index in [0.29, 0.717) is 10.6 Å². The number of alkyl carbamates (subject to hydrolysis) is 1. The Kier molecular flexibility index (Phi) is 5.41. The van der Waals surface area contributed by atoms with Gasteiger partial charge in [-0.3, -0.25) is 15.1 Å². The summed E-state index contributed by atoms with van der Waals surface area (Å²) in [4.78, 5) is 29.1. The second kappa shape index (κ2) is 7.21. The molecule has 8 heteroatoms. The third-order valence-corrected chi connectivity index (χ3v) is 3.81. The number of hydrogen-bond donors (Lipinski definition) is 3. The van der Waals surface area contributed by atoms with Gasteiger partial charge >= 0.3 is 6.09 Å². The van der Waals surface area contributed by atoms with Gasteiger partial charge in [0.2, 0.25) is 0 Å². The van der Waals surface area contributed by atoms with Gasteiger partial charge in [0.25, 0.3) is 5.91 Å². The molecule has 0 saturated heterocycles. The summed E-state index contributed by atoms with van der Waals surface area (Å²) in [6, 6.07) is 7.80. The summed E-state index contributed by atoms with van der Waals surface area (Å²) in [7, 11) is 0. The highest BCUT2D eigenvalue weighted by atomic mass is 35.5. The number of nitrogens with one attached hydrogen (secondary N) is 1. The summed E-state index contributed by atoms with van der Waals surface area (Å²) in [5.41, 5.74) is 10.0. The van der Waals surface area contributed by atoms with E-state index in [2.05, 4.69) is 10.3 Å². The van der Waals surface area contributed by atoms with Gasteiger partial charge in [0.15, 0.2) is 5.54 Å². The molecule has 0 spiro atoms. The minimum Gasteiger partial charge on any atom is -0.444 e. The van der Waals surface area contributed by atoms with Crippen LogP contribution in [0.1, 0.15) is 31.9 Å². The van der Waals surface area contributed by atoms with Gasteiger partial charge in [-0.15, -0.1) is 0 Å². The topological polar surface area (TPSA) is 120 Å². The van der Waals surface area contributed by atoms with Crippen molar-refractivity contribution in [2.45, 2.75) is 31.9 Å². The number of nitrogen functional groups attached to an aromatic ring is 1. The summed E-state index contributed by atoms with van der Waals surface area (Å²) in [6.45, 7) is 5.11. The molecule has 7 nitrogen and oxygen atoms in total. The van der Waals surface area contributed by atoms with Crippen molar-refractivity contribution in [1.82, 2.24) is 10.3 Å². The minimum absolute atomic E-state index is 0.230. The van der Waals surface area contributed by atoms with E-state index >= 15 is 0 Å². The molecule has 2 amide bonds. The summed E-state index contributed by atoms with van der Waals surface area (Å²) in [5.74, 6) is -0.856. The number of carbonyl (C=O) groups excluding carboxylic acids is 2. The van der Waals surface area contributed by atoms with Gasteiger partial charge in [0.1, 0.15) is 5.60 Å². The smallest absolute Gasteiger partial charge is 0.409 e. The van der Waals surface area contributed by atoms with E-state index in [-0.39, 0.29) is 11.3 Å². The number of nitrogens with two attached hydrogens (primary N) is 2. The Hall–Kier alpha value is -2.80. The molecule has 1 atom stereocenters.